The minimum atomic E-state index is -0.125. The Kier molecular flexibility index (Phi) is 4.06. The number of hydrogen-bond acceptors (Lipinski definition) is 5. The Morgan fingerprint density at radius 2 is 2.32 bits per heavy atom. The molecule has 1 aromatic carbocycles. The molecule has 2 aromatic heterocycles. The van der Waals surface area contributed by atoms with Crippen molar-refractivity contribution in [1.29, 1.82) is 0 Å². The summed E-state index contributed by atoms with van der Waals surface area (Å²) in [4.78, 5) is 24.7. The van der Waals surface area contributed by atoms with E-state index in [4.69, 9.17) is 4.74 Å². The smallest absolute Gasteiger partial charge is 0.294 e. The Bertz CT molecular complexity index is 809. The quantitative estimate of drug-likeness (QED) is 0.758. The van der Waals surface area contributed by atoms with Gasteiger partial charge in [-0.1, -0.05) is 0 Å². The number of H-pyrrole nitrogens is 1. The molecule has 0 atom stereocenters. The Morgan fingerprint density at radius 3 is 3.05 bits per heavy atom. The largest absolute Gasteiger partial charge is 0.465 e. The van der Waals surface area contributed by atoms with Crippen LogP contribution in [0.3, 0.4) is 0 Å². The maximum absolute atomic E-state index is 12.2. The second-order valence-electron chi connectivity index (χ2n) is 4.74. The highest BCUT2D eigenvalue weighted by Crippen LogP contribution is 2.18. The lowest BCUT2D eigenvalue weighted by Crippen LogP contribution is -2.22. The highest BCUT2D eigenvalue weighted by molar-refractivity contribution is 7.11. The van der Waals surface area contributed by atoms with E-state index in [1.54, 1.807) is 35.7 Å². The summed E-state index contributed by atoms with van der Waals surface area (Å²) in [5, 5.41) is 3.88. The van der Waals surface area contributed by atoms with Crippen LogP contribution in [0.15, 0.2) is 24.4 Å². The maximum atomic E-state index is 12.2. The molecule has 0 radical (unpaired) electrons. The number of nitrogens with one attached hydrogen (secondary N) is 2. The van der Waals surface area contributed by atoms with Crippen LogP contribution in [-0.2, 0) is 6.54 Å². The minimum absolute atomic E-state index is 0.125. The zero-order valence-electron chi connectivity index (χ0n) is 12.3. The molecule has 0 saturated carbocycles. The fourth-order valence-electron chi connectivity index (χ4n) is 2.09. The number of imidazole rings is 1. The highest BCUT2D eigenvalue weighted by atomic mass is 32.1. The number of thiazole rings is 1. The zero-order valence-corrected chi connectivity index (χ0v) is 13.2. The van der Waals surface area contributed by atoms with Crippen molar-refractivity contribution in [2.45, 2.75) is 20.4 Å². The van der Waals surface area contributed by atoms with Crippen LogP contribution in [0, 0.1) is 6.92 Å². The molecular formula is C15H16N4O2S. The third kappa shape index (κ3) is 3.09. The molecule has 3 rings (SSSR count). The number of amides is 1. The second kappa shape index (κ2) is 6.15. The van der Waals surface area contributed by atoms with Crippen LogP contribution in [0.5, 0.6) is 6.01 Å². The molecule has 0 aliphatic heterocycles. The summed E-state index contributed by atoms with van der Waals surface area (Å²) in [5.74, 6) is -0.125. The number of carbonyl (C=O) groups is 1. The molecule has 1 amide bonds. The monoisotopic (exact) mass is 316 g/mol. The van der Waals surface area contributed by atoms with Crippen LogP contribution < -0.4 is 10.1 Å². The van der Waals surface area contributed by atoms with Crippen LogP contribution in [0.2, 0.25) is 0 Å². The molecule has 22 heavy (non-hydrogen) atoms. The zero-order chi connectivity index (χ0) is 15.5. The Morgan fingerprint density at radius 1 is 1.45 bits per heavy atom. The first-order valence-corrected chi connectivity index (χ1v) is 7.79. The number of nitrogens with zero attached hydrogens (tertiary/aromatic N) is 2. The van der Waals surface area contributed by atoms with Crippen LogP contribution in [0.1, 0.15) is 27.2 Å². The molecule has 0 aliphatic carbocycles. The average Bonchev–Trinajstić information content (AvgIpc) is 3.09. The highest BCUT2D eigenvalue weighted by Gasteiger charge is 2.10. The Labute approximate surface area is 131 Å². The molecule has 0 spiro atoms. The van der Waals surface area contributed by atoms with Gasteiger partial charge in [-0.3, -0.25) is 4.79 Å². The molecule has 0 saturated heterocycles. The third-order valence-corrected chi connectivity index (χ3v) is 4.01. The van der Waals surface area contributed by atoms with Crippen molar-refractivity contribution in [3.63, 3.8) is 0 Å². The summed E-state index contributed by atoms with van der Waals surface area (Å²) in [5.41, 5.74) is 2.14. The van der Waals surface area contributed by atoms with Crippen molar-refractivity contribution in [3.8, 4) is 6.01 Å². The van der Waals surface area contributed by atoms with Gasteiger partial charge in [0.2, 0.25) is 0 Å². The van der Waals surface area contributed by atoms with Gasteiger partial charge in [-0.05, 0) is 32.0 Å². The topological polar surface area (TPSA) is 79.9 Å². The van der Waals surface area contributed by atoms with Gasteiger partial charge in [0, 0.05) is 16.6 Å². The number of benzene rings is 1. The van der Waals surface area contributed by atoms with Gasteiger partial charge in [-0.25, -0.2) is 4.98 Å². The number of aryl methyl sites for hydroxylation is 1. The maximum Gasteiger partial charge on any atom is 0.294 e. The molecule has 2 N–H and O–H groups in total. The SMILES string of the molecule is CCOc1nc2ccc(C(=O)NCc3cnc(C)s3)cc2[nH]1. The molecule has 0 bridgehead atoms. The van der Waals surface area contributed by atoms with Gasteiger partial charge in [-0.15, -0.1) is 11.3 Å². The molecule has 0 fully saturated rings. The molecular weight excluding hydrogens is 300 g/mol. The third-order valence-electron chi connectivity index (χ3n) is 3.10. The number of fused-ring (bicyclic) bond motifs is 1. The Hall–Kier alpha value is -2.41. The lowest BCUT2D eigenvalue weighted by molar-refractivity contribution is 0.0951. The second-order valence-corrected chi connectivity index (χ2v) is 6.05. The Balaban J connectivity index is 1.72. The molecule has 2 heterocycles. The molecule has 3 aromatic rings. The summed E-state index contributed by atoms with van der Waals surface area (Å²) in [6, 6.07) is 5.81. The summed E-state index contributed by atoms with van der Waals surface area (Å²) >= 11 is 1.58. The first kappa shape index (κ1) is 14.5. The van der Waals surface area contributed by atoms with E-state index in [1.165, 1.54) is 0 Å². The van der Waals surface area contributed by atoms with Crippen molar-refractivity contribution in [1.82, 2.24) is 20.3 Å². The van der Waals surface area contributed by atoms with Crippen molar-refractivity contribution in [2.75, 3.05) is 6.61 Å². The van der Waals surface area contributed by atoms with Crippen LogP contribution in [0.25, 0.3) is 11.0 Å². The van der Waals surface area contributed by atoms with Crippen LogP contribution >= 0.6 is 11.3 Å². The number of aromatic nitrogens is 3. The number of ether oxygens (including phenoxy) is 1. The number of hydrogen-bond donors (Lipinski definition) is 2. The first-order chi connectivity index (χ1) is 10.7. The predicted molar refractivity (Wildman–Crippen MR) is 85.3 cm³/mol. The van der Waals surface area contributed by atoms with Crippen molar-refractivity contribution < 1.29 is 9.53 Å². The van der Waals surface area contributed by atoms with Gasteiger partial charge < -0.3 is 15.0 Å². The molecule has 7 heteroatoms. The van der Waals surface area contributed by atoms with E-state index < -0.39 is 0 Å². The average molecular weight is 316 g/mol. The van der Waals surface area contributed by atoms with Gasteiger partial charge in [-0.2, -0.15) is 4.98 Å². The number of carbonyl (C=O) groups excluding carboxylic acids is 1. The summed E-state index contributed by atoms with van der Waals surface area (Å²) < 4.78 is 5.33. The van der Waals surface area contributed by atoms with E-state index in [1.807, 2.05) is 13.8 Å². The van der Waals surface area contributed by atoms with E-state index in [0.717, 1.165) is 20.9 Å². The molecule has 0 aliphatic rings. The fourth-order valence-corrected chi connectivity index (χ4v) is 2.82. The van der Waals surface area contributed by atoms with Gasteiger partial charge in [0.15, 0.2) is 0 Å². The minimum Gasteiger partial charge on any atom is -0.465 e. The first-order valence-electron chi connectivity index (χ1n) is 6.98. The van der Waals surface area contributed by atoms with E-state index in [-0.39, 0.29) is 5.91 Å². The van der Waals surface area contributed by atoms with E-state index in [0.29, 0.717) is 24.7 Å². The molecule has 0 unspecified atom stereocenters. The summed E-state index contributed by atoms with van der Waals surface area (Å²) in [6.45, 7) is 4.86. The van der Waals surface area contributed by atoms with Crippen molar-refractivity contribution in [2.24, 2.45) is 0 Å². The molecule has 114 valence electrons. The van der Waals surface area contributed by atoms with Crippen molar-refractivity contribution in [3.05, 3.63) is 39.8 Å². The fraction of sp³-hybridized carbons (Fsp3) is 0.267. The van der Waals surface area contributed by atoms with Crippen molar-refractivity contribution >= 4 is 28.3 Å². The number of aromatic amines is 1. The van der Waals surface area contributed by atoms with E-state index in [2.05, 4.69) is 20.3 Å². The van der Waals surface area contributed by atoms with Gasteiger partial charge in [0.25, 0.3) is 11.9 Å². The normalized spacial score (nSPS) is 10.8. The number of rotatable bonds is 5. The van der Waals surface area contributed by atoms with Crippen LogP contribution in [-0.4, -0.2) is 27.5 Å². The lowest BCUT2D eigenvalue weighted by Gasteiger charge is -2.03. The summed E-state index contributed by atoms with van der Waals surface area (Å²) in [7, 11) is 0. The van der Waals surface area contributed by atoms with E-state index >= 15 is 0 Å². The van der Waals surface area contributed by atoms with Gasteiger partial charge in [0.1, 0.15) is 0 Å². The summed E-state index contributed by atoms with van der Waals surface area (Å²) in [6.07, 6.45) is 1.78. The lowest BCUT2D eigenvalue weighted by atomic mass is 10.2. The van der Waals surface area contributed by atoms with Crippen LogP contribution in [0.4, 0.5) is 0 Å². The standard InChI is InChI=1S/C15H16N4O2S/c1-3-21-15-18-12-5-4-10(6-13(12)19-15)14(20)17-8-11-7-16-9(2)22-11/h4-7H,3,8H2,1-2H3,(H,17,20)(H,18,19). The van der Waals surface area contributed by atoms with Gasteiger partial charge in [0.05, 0.1) is 29.2 Å². The van der Waals surface area contributed by atoms with E-state index in [9.17, 15) is 4.79 Å². The molecule has 6 nitrogen and oxygen atoms in total. The van der Waals surface area contributed by atoms with Gasteiger partial charge >= 0.3 is 0 Å². The predicted octanol–water partition coefficient (Wildman–Crippen LogP) is 2.66.